The molecule has 3 rings (SSSR count). The highest BCUT2D eigenvalue weighted by Gasteiger charge is 2.39. The van der Waals surface area contributed by atoms with Gasteiger partial charge in [-0.05, 0) is 56.7 Å². The average molecular weight is 419 g/mol. The lowest BCUT2D eigenvalue weighted by molar-refractivity contribution is -0.132. The van der Waals surface area contributed by atoms with Crippen LogP contribution in [0.4, 0.5) is 10.1 Å². The summed E-state index contributed by atoms with van der Waals surface area (Å²) in [4.78, 5) is 36.2. The Labute approximate surface area is 177 Å². The third kappa shape index (κ3) is 4.72. The Hall–Kier alpha value is -2.28. The van der Waals surface area contributed by atoms with Crippen LogP contribution in [0.15, 0.2) is 12.1 Å². The molecule has 1 aromatic carbocycles. The Morgan fingerprint density at radius 3 is 2.60 bits per heavy atom. The second-order valence-electron chi connectivity index (χ2n) is 8.48. The molecular formula is C23H31FN2O4. The largest absolute Gasteiger partial charge is 0.374 e. The number of likely N-dealkylation sites (N-methyl/N-ethyl adjacent to an activating group) is 1. The van der Waals surface area contributed by atoms with Crippen molar-refractivity contribution in [2.75, 3.05) is 31.6 Å². The third-order valence-corrected chi connectivity index (χ3v) is 6.61. The number of nitrogens with zero attached hydrogens (tertiary/aromatic N) is 1. The van der Waals surface area contributed by atoms with Gasteiger partial charge in [0, 0.05) is 43.7 Å². The van der Waals surface area contributed by atoms with E-state index in [-0.39, 0.29) is 30.3 Å². The number of aryl methyl sites for hydroxylation is 1. The van der Waals surface area contributed by atoms with E-state index in [1.165, 1.54) is 13.1 Å². The summed E-state index contributed by atoms with van der Waals surface area (Å²) in [6, 6.07) is 3.43. The maximum Gasteiger partial charge on any atom is 0.227 e. The fraction of sp³-hybridized carbons (Fsp3) is 0.609. The smallest absolute Gasteiger partial charge is 0.227 e. The number of aldehydes is 2. The summed E-state index contributed by atoms with van der Waals surface area (Å²) in [5, 5.41) is 2.58. The molecule has 0 aromatic heterocycles. The number of ether oxygens (including phenoxy) is 1. The molecule has 164 valence electrons. The number of carbonyl (C=O) groups is 3. The maximum absolute atomic E-state index is 15.1. The van der Waals surface area contributed by atoms with Crippen LogP contribution in [0, 0.1) is 18.7 Å². The van der Waals surface area contributed by atoms with Crippen LogP contribution in [0.1, 0.15) is 55.6 Å². The van der Waals surface area contributed by atoms with Gasteiger partial charge in [-0.25, -0.2) is 4.39 Å². The summed E-state index contributed by atoms with van der Waals surface area (Å²) >= 11 is 0. The lowest BCUT2D eigenvalue weighted by Crippen LogP contribution is -2.49. The number of anilines is 1. The summed E-state index contributed by atoms with van der Waals surface area (Å²) < 4.78 is 21.2. The van der Waals surface area contributed by atoms with Gasteiger partial charge in [-0.15, -0.1) is 0 Å². The van der Waals surface area contributed by atoms with Crippen molar-refractivity contribution < 1.29 is 23.5 Å². The van der Waals surface area contributed by atoms with Crippen molar-refractivity contribution in [3.8, 4) is 0 Å². The molecule has 0 radical (unpaired) electrons. The molecule has 1 amide bonds. The first kappa shape index (κ1) is 22.4. The summed E-state index contributed by atoms with van der Waals surface area (Å²) in [7, 11) is 1.52. The van der Waals surface area contributed by atoms with Crippen molar-refractivity contribution in [2.45, 2.75) is 57.0 Å². The van der Waals surface area contributed by atoms with Crippen molar-refractivity contribution in [1.82, 2.24) is 5.32 Å². The summed E-state index contributed by atoms with van der Waals surface area (Å²) in [5.74, 6) is -1.37. The fourth-order valence-electron chi connectivity index (χ4n) is 4.74. The lowest BCUT2D eigenvalue weighted by atomic mass is 9.82. The molecule has 7 heteroatoms. The van der Waals surface area contributed by atoms with Crippen molar-refractivity contribution in [3.05, 3.63) is 29.1 Å². The molecule has 0 aliphatic carbocycles. The van der Waals surface area contributed by atoms with Gasteiger partial charge in [0.1, 0.15) is 18.4 Å². The number of hydrogen-bond acceptors (Lipinski definition) is 5. The van der Waals surface area contributed by atoms with E-state index >= 15 is 4.39 Å². The first-order chi connectivity index (χ1) is 14.4. The van der Waals surface area contributed by atoms with E-state index in [0.29, 0.717) is 17.7 Å². The van der Waals surface area contributed by atoms with E-state index in [0.717, 1.165) is 57.0 Å². The van der Waals surface area contributed by atoms with Crippen molar-refractivity contribution >= 4 is 24.2 Å². The van der Waals surface area contributed by atoms with Gasteiger partial charge in [-0.2, -0.15) is 0 Å². The number of hydrogen-bond donors (Lipinski definition) is 1. The molecule has 2 unspecified atom stereocenters. The molecule has 0 saturated carbocycles. The number of amides is 1. The normalized spacial score (nSPS) is 21.8. The van der Waals surface area contributed by atoms with Crippen LogP contribution < -0.4 is 10.2 Å². The molecule has 2 fully saturated rings. The van der Waals surface area contributed by atoms with Crippen LogP contribution in [-0.4, -0.2) is 50.8 Å². The summed E-state index contributed by atoms with van der Waals surface area (Å²) in [5.41, 5.74) is 1.72. The Morgan fingerprint density at radius 2 is 2.07 bits per heavy atom. The molecule has 1 spiro atoms. The number of benzene rings is 1. The van der Waals surface area contributed by atoms with Gasteiger partial charge >= 0.3 is 0 Å². The van der Waals surface area contributed by atoms with Gasteiger partial charge in [0.2, 0.25) is 5.91 Å². The van der Waals surface area contributed by atoms with E-state index in [1.807, 2.05) is 13.0 Å². The van der Waals surface area contributed by atoms with Gasteiger partial charge in [0.15, 0.2) is 0 Å². The zero-order valence-electron chi connectivity index (χ0n) is 17.8. The molecule has 6 nitrogen and oxygen atoms in total. The lowest BCUT2D eigenvalue weighted by Gasteiger charge is -2.45. The first-order valence-electron chi connectivity index (χ1n) is 10.7. The quantitative estimate of drug-likeness (QED) is 0.689. The minimum absolute atomic E-state index is 0.00502. The maximum atomic E-state index is 15.1. The van der Waals surface area contributed by atoms with Crippen LogP contribution in [0.3, 0.4) is 0 Å². The number of nitrogens with one attached hydrogen (secondary N) is 1. The van der Waals surface area contributed by atoms with Crippen molar-refractivity contribution in [1.29, 1.82) is 0 Å². The minimum atomic E-state index is -0.680. The highest BCUT2D eigenvalue weighted by atomic mass is 19.1. The Kier molecular flexibility index (Phi) is 7.23. The molecular weight excluding hydrogens is 387 g/mol. The summed E-state index contributed by atoms with van der Waals surface area (Å²) in [6.45, 7) is 3.82. The van der Waals surface area contributed by atoms with Crippen LogP contribution in [0.5, 0.6) is 0 Å². The minimum Gasteiger partial charge on any atom is -0.374 e. The van der Waals surface area contributed by atoms with E-state index in [4.69, 9.17) is 4.74 Å². The molecule has 2 aliphatic rings. The van der Waals surface area contributed by atoms with Crippen LogP contribution in [0.25, 0.3) is 0 Å². The number of rotatable bonds is 7. The number of carbonyl (C=O) groups excluding carboxylic acids is 3. The standard InChI is InChI=1S/C23H31FN2O4/c1-16-12-18(13-20(24)21(16)19(4-3-11-27)22(29)25-2)26-9-7-23(8-10-26)6-5-17(14-28)15-30-23/h11-14,17,19H,3-10,15H2,1-2H3,(H,25,29). The second-order valence-corrected chi connectivity index (χ2v) is 8.48. The molecule has 1 N–H and O–H groups in total. The van der Waals surface area contributed by atoms with E-state index in [9.17, 15) is 14.4 Å². The molecule has 0 bridgehead atoms. The molecule has 2 saturated heterocycles. The Bertz CT molecular complexity index is 756. The SMILES string of the molecule is CNC(=O)C(CCC=O)c1c(C)cc(N2CCC3(CCC(C=O)CO3)CC2)cc1F. The van der Waals surface area contributed by atoms with Crippen LogP contribution in [-0.2, 0) is 19.1 Å². The van der Waals surface area contributed by atoms with Gasteiger partial charge < -0.3 is 24.5 Å². The Morgan fingerprint density at radius 1 is 1.33 bits per heavy atom. The van der Waals surface area contributed by atoms with Gasteiger partial charge in [-0.3, -0.25) is 4.79 Å². The van der Waals surface area contributed by atoms with Gasteiger partial charge in [-0.1, -0.05) is 0 Å². The van der Waals surface area contributed by atoms with Crippen LogP contribution in [0.2, 0.25) is 0 Å². The van der Waals surface area contributed by atoms with Crippen molar-refractivity contribution in [3.63, 3.8) is 0 Å². The molecule has 30 heavy (non-hydrogen) atoms. The fourth-order valence-corrected chi connectivity index (χ4v) is 4.74. The highest BCUT2D eigenvalue weighted by molar-refractivity contribution is 5.84. The number of piperidine rings is 1. The monoisotopic (exact) mass is 418 g/mol. The Balaban J connectivity index is 1.73. The van der Waals surface area contributed by atoms with E-state index in [1.54, 1.807) is 0 Å². The van der Waals surface area contributed by atoms with Gasteiger partial charge in [0.05, 0.1) is 18.1 Å². The van der Waals surface area contributed by atoms with Crippen molar-refractivity contribution in [2.24, 2.45) is 5.92 Å². The van der Waals surface area contributed by atoms with E-state index in [2.05, 4.69) is 10.2 Å². The topological polar surface area (TPSA) is 75.7 Å². The average Bonchev–Trinajstić information content (AvgIpc) is 2.76. The second kappa shape index (κ2) is 9.69. The van der Waals surface area contributed by atoms with Crippen LogP contribution >= 0.6 is 0 Å². The van der Waals surface area contributed by atoms with Gasteiger partial charge in [0.25, 0.3) is 0 Å². The first-order valence-corrected chi connectivity index (χ1v) is 10.7. The molecule has 2 heterocycles. The highest BCUT2D eigenvalue weighted by Crippen LogP contribution is 2.38. The predicted octanol–water partition coefficient (Wildman–Crippen LogP) is 2.91. The summed E-state index contributed by atoms with van der Waals surface area (Å²) in [6.07, 6.45) is 5.68. The zero-order valence-corrected chi connectivity index (χ0v) is 17.8. The third-order valence-electron chi connectivity index (χ3n) is 6.61. The van der Waals surface area contributed by atoms with E-state index < -0.39 is 11.7 Å². The molecule has 2 aliphatic heterocycles. The molecule has 1 aromatic rings. The zero-order chi connectivity index (χ0) is 21.7. The number of halogens is 1. The molecule has 2 atom stereocenters. The predicted molar refractivity (Wildman–Crippen MR) is 112 cm³/mol.